The number of hydrogen-bond donors (Lipinski definition) is 2. The zero-order chi connectivity index (χ0) is 18.2. The van der Waals surface area contributed by atoms with E-state index >= 15 is 0 Å². The maximum atomic E-state index is 5.66. The van der Waals surface area contributed by atoms with Gasteiger partial charge in [0.25, 0.3) is 0 Å². The third kappa shape index (κ3) is 3.10. The van der Waals surface area contributed by atoms with Crippen molar-refractivity contribution in [3.63, 3.8) is 0 Å². The van der Waals surface area contributed by atoms with Gasteiger partial charge in [0.2, 0.25) is 0 Å². The van der Waals surface area contributed by atoms with Crippen LogP contribution in [0.25, 0.3) is 33.1 Å². The van der Waals surface area contributed by atoms with E-state index in [9.17, 15) is 0 Å². The molecule has 2 N–H and O–H groups in total. The number of para-hydroxylation sites is 2. The Morgan fingerprint density at radius 3 is 2.48 bits per heavy atom. The minimum atomic E-state index is 0.813. The number of thiocarbonyl (C=S) groups is 1. The van der Waals surface area contributed by atoms with Crippen molar-refractivity contribution in [3.8, 4) is 0 Å². The van der Waals surface area contributed by atoms with Crippen molar-refractivity contribution < 1.29 is 0 Å². The van der Waals surface area contributed by atoms with E-state index in [0.29, 0.717) is 0 Å². The third-order valence-corrected chi connectivity index (χ3v) is 5.60. The van der Waals surface area contributed by atoms with Gasteiger partial charge in [-0.3, -0.25) is 0 Å². The lowest BCUT2D eigenvalue weighted by molar-refractivity contribution is 0.441. The van der Waals surface area contributed by atoms with E-state index < -0.39 is 0 Å². The molecule has 0 spiro atoms. The van der Waals surface area contributed by atoms with Gasteiger partial charge in [-0.1, -0.05) is 25.0 Å². The topological polar surface area (TPSA) is 56.8 Å². The monoisotopic (exact) mass is 375 g/mol. The lowest BCUT2D eigenvalue weighted by atomic mass is 10.2. The van der Waals surface area contributed by atoms with Crippen LogP contribution in [0.5, 0.6) is 0 Å². The molecule has 5 rings (SSSR count). The van der Waals surface area contributed by atoms with Crippen LogP contribution in [-0.4, -0.2) is 38.1 Å². The molecule has 4 aromatic rings. The predicted molar refractivity (Wildman–Crippen MR) is 115 cm³/mol. The fraction of sp³-hybridized carbons (Fsp3) is 0.286. The van der Waals surface area contributed by atoms with Gasteiger partial charge in [0, 0.05) is 29.7 Å². The molecule has 2 aromatic heterocycles. The highest BCUT2D eigenvalue weighted by Crippen LogP contribution is 2.27. The molecule has 0 atom stereocenters. The first-order valence-electron chi connectivity index (χ1n) is 9.52. The molecule has 0 bridgehead atoms. The molecule has 1 fully saturated rings. The van der Waals surface area contributed by atoms with Gasteiger partial charge in [0.15, 0.2) is 10.8 Å². The fourth-order valence-corrected chi connectivity index (χ4v) is 4.11. The summed E-state index contributed by atoms with van der Waals surface area (Å²) in [6.45, 7) is 2.08. The van der Waals surface area contributed by atoms with E-state index in [2.05, 4.69) is 33.4 Å². The van der Waals surface area contributed by atoms with E-state index in [1.165, 1.54) is 25.7 Å². The number of aromatic amines is 1. The predicted octanol–water partition coefficient (Wildman–Crippen LogP) is 4.84. The quantitative estimate of drug-likeness (QED) is 0.466. The van der Waals surface area contributed by atoms with Gasteiger partial charge >= 0.3 is 0 Å². The summed E-state index contributed by atoms with van der Waals surface area (Å²) in [4.78, 5) is 15.2. The SMILES string of the molecule is S=C(Nc1ccc2[nH]c3nc4ccccc4nc3c2c1)N1CCCCCC1. The van der Waals surface area contributed by atoms with E-state index in [-0.39, 0.29) is 0 Å². The van der Waals surface area contributed by atoms with Crippen molar-refractivity contribution in [2.75, 3.05) is 18.4 Å². The second-order valence-corrected chi connectivity index (χ2v) is 7.51. The van der Waals surface area contributed by atoms with Gasteiger partial charge in [0.05, 0.1) is 11.0 Å². The van der Waals surface area contributed by atoms with Crippen molar-refractivity contribution in [2.24, 2.45) is 0 Å². The normalized spacial score (nSPS) is 15.3. The molecule has 0 saturated carbocycles. The number of fused-ring (bicyclic) bond motifs is 4. The highest BCUT2D eigenvalue weighted by atomic mass is 32.1. The van der Waals surface area contributed by atoms with Gasteiger partial charge in [-0.15, -0.1) is 0 Å². The Kier molecular flexibility index (Phi) is 4.13. The molecular weight excluding hydrogens is 354 g/mol. The number of likely N-dealkylation sites (tertiary alicyclic amines) is 1. The molecular formula is C21H21N5S. The van der Waals surface area contributed by atoms with Crippen molar-refractivity contribution in [1.82, 2.24) is 19.9 Å². The van der Waals surface area contributed by atoms with E-state index in [1.54, 1.807) is 0 Å². The smallest absolute Gasteiger partial charge is 0.173 e. The molecule has 6 heteroatoms. The molecule has 27 heavy (non-hydrogen) atoms. The highest BCUT2D eigenvalue weighted by Gasteiger charge is 2.14. The number of rotatable bonds is 1. The van der Waals surface area contributed by atoms with Crippen molar-refractivity contribution in [3.05, 3.63) is 42.5 Å². The molecule has 2 aromatic carbocycles. The van der Waals surface area contributed by atoms with Crippen LogP contribution in [0.15, 0.2) is 42.5 Å². The maximum Gasteiger partial charge on any atom is 0.173 e. The van der Waals surface area contributed by atoms with E-state index in [4.69, 9.17) is 22.2 Å². The summed E-state index contributed by atoms with van der Waals surface area (Å²) < 4.78 is 0. The first-order chi connectivity index (χ1) is 13.3. The van der Waals surface area contributed by atoms with E-state index in [1.807, 2.05) is 24.3 Å². The number of anilines is 1. The Morgan fingerprint density at radius 2 is 1.70 bits per heavy atom. The van der Waals surface area contributed by atoms with Gasteiger partial charge in [-0.2, -0.15) is 0 Å². The lowest BCUT2D eigenvalue weighted by Gasteiger charge is -2.24. The zero-order valence-electron chi connectivity index (χ0n) is 15.0. The minimum Gasteiger partial charge on any atom is -0.349 e. The summed E-state index contributed by atoms with van der Waals surface area (Å²) in [6.07, 6.45) is 5.03. The van der Waals surface area contributed by atoms with Gasteiger partial charge in [0.1, 0.15) is 5.52 Å². The van der Waals surface area contributed by atoms with Gasteiger partial charge in [-0.05, 0) is 55.4 Å². The Labute approximate surface area is 162 Å². The number of hydrogen-bond acceptors (Lipinski definition) is 3. The van der Waals surface area contributed by atoms with Crippen LogP contribution in [-0.2, 0) is 0 Å². The Balaban J connectivity index is 1.51. The maximum absolute atomic E-state index is 5.66. The van der Waals surface area contributed by atoms with Crippen molar-refractivity contribution >= 4 is 56.1 Å². The average molecular weight is 376 g/mol. The summed E-state index contributed by atoms with van der Waals surface area (Å²) in [5.41, 5.74) is 5.55. The molecule has 0 radical (unpaired) electrons. The molecule has 0 unspecified atom stereocenters. The zero-order valence-corrected chi connectivity index (χ0v) is 15.9. The van der Waals surface area contributed by atoms with Gasteiger partial charge in [-0.25, -0.2) is 9.97 Å². The van der Waals surface area contributed by atoms with Crippen LogP contribution in [0.4, 0.5) is 5.69 Å². The van der Waals surface area contributed by atoms with Crippen LogP contribution in [0.3, 0.4) is 0 Å². The molecule has 3 heterocycles. The molecule has 1 saturated heterocycles. The summed E-state index contributed by atoms with van der Waals surface area (Å²) in [5.74, 6) is 0. The van der Waals surface area contributed by atoms with Crippen LogP contribution in [0.1, 0.15) is 25.7 Å². The van der Waals surface area contributed by atoms with Crippen LogP contribution in [0.2, 0.25) is 0 Å². The molecule has 136 valence electrons. The van der Waals surface area contributed by atoms with Crippen molar-refractivity contribution in [1.29, 1.82) is 0 Å². The molecule has 0 aliphatic carbocycles. The van der Waals surface area contributed by atoms with Crippen LogP contribution < -0.4 is 5.32 Å². The number of nitrogens with zero attached hydrogens (tertiary/aromatic N) is 3. The average Bonchev–Trinajstić information content (AvgIpc) is 2.85. The fourth-order valence-electron chi connectivity index (χ4n) is 3.81. The minimum absolute atomic E-state index is 0.813. The second kappa shape index (κ2) is 6.78. The summed E-state index contributed by atoms with van der Waals surface area (Å²) in [7, 11) is 0. The lowest BCUT2D eigenvalue weighted by Crippen LogP contribution is -2.35. The molecule has 1 aliphatic rings. The highest BCUT2D eigenvalue weighted by molar-refractivity contribution is 7.80. The molecule has 1 aliphatic heterocycles. The summed E-state index contributed by atoms with van der Waals surface area (Å²) in [5, 5.41) is 5.29. The van der Waals surface area contributed by atoms with Crippen LogP contribution in [0, 0.1) is 0 Å². The number of benzene rings is 2. The Bertz CT molecular complexity index is 1140. The second-order valence-electron chi connectivity index (χ2n) is 7.13. The number of nitrogens with one attached hydrogen (secondary N) is 2. The summed E-state index contributed by atoms with van der Waals surface area (Å²) in [6, 6.07) is 14.2. The summed E-state index contributed by atoms with van der Waals surface area (Å²) >= 11 is 5.66. The molecule has 5 nitrogen and oxygen atoms in total. The number of aromatic nitrogens is 3. The molecule has 0 amide bonds. The third-order valence-electron chi connectivity index (χ3n) is 5.24. The standard InChI is InChI=1S/C21H21N5S/c27-21(26-11-5-1-2-6-12-26)22-14-9-10-16-15(13-14)19-20(24-16)25-18-8-4-3-7-17(18)23-19/h3-4,7-10,13H,1-2,5-6,11-12H2,(H,22,27)(H,24,25). The van der Waals surface area contributed by atoms with Crippen molar-refractivity contribution in [2.45, 2.75) is 25.7 Å². The van der Waals surface area contributed by atoms with Crippen LogP contribution >= 0.6 is 12.2 Å². The van der Waals surface area contributed by atoms with E-state index in [0.717, 1.165) is 57.0 Å². The largest absolute Gasteiger partial charge is 0.349 e. The first-order valence-corrected chi connectivity index (χ1v) is 9.93. The van der Waals surface area contributed by atoms with Gasteiger partial charge < -0.3 is 15.2 Å². The Morgan fingerprint density at radius 1 is 0.963 bits per heavy atom. The Hall–Kier alpha value is -2.73. The first kappa shape index (κ1) is 16.4. The number of H-pyrrole nitrogens is 1.